The SMILES string of the molecule is COc1ccccc1-c1csc(NC(=O)c2ccc(N3CCCC3=O)cc2)n1. The third-order valence-electron chi connectivity index (χ3n) is 4.62. The Hall–Kier alpha value is -3.19. The third kappa shape index (κ3) is 3.61. The smallest absolute Gasteiger partial charge is 0.257 e. The molecule has 0 saturated carbocycles. The molecule has 0 unspecified atom stereocenters. The number of amides is 2. The minimum Gasteiger partial charge on any atom is -0.496 e. The zero-order chi connectivity index (χ0) is 19.5. The molecule has 2 aromatic carbocycles. The lowest BCUT2D eigenvalue weighted by molar-refractivity contribution is -0.117. The van der Waals surface area contributed by atoms with Crippen molar-refractivity contribution in [3.8, 4) is 17.0 Å². The van der Waals surface area contributed by atoms with Crippen LogP contribution in [-0.2, 0) is 4.79 Å². The average molecular weight is 393 g/mol. The number of methoxy groups -OCH3 is 1. The highest BCUT2D eigenvalue weighted by molar-refractivity contribution is 7.14. The maximum Gasteiger partial charge on any atom is 0.257 e. The minimum absolute atomic E-state index is 0.129. The van der Waals surface area contributed by atoms with Crippen molar-refractivity contribution in [3.63, 3.8) is 0 Å². The van der Waals surface area contributed by atoms with Gasteiger partial charge in [0, 0.05) is 35.2 Å². The quantitative estimate of drug-likeness (QED) is 0.705. The monoisotopic (exact) mass is 393 g/mol. The van der Waals surface area contributed by atoms with Crippen LogP contribution in [-0.4, -0.2) is 30.5 Å². The average Bonchev–Trinajstić information content (AvgIpc) is 3.37. The predicted molar refractivity (Wildman–Crippen MR) is 110 cm³/mol. The fourth-order valence-electron chi connectivity index (χ4n) is 3.19. The molecule has 1 fully saturated rings. The first-order valence-corrected chi connectivity index (χ1v) is 9.84. The van der Waals surface area contributed by atoms with Gasteiger partial charge in [-0.25, -0.2) is 4.98 Å². The van der Waals surface area contributed by atoms with Crippen LogP contribution < -0.4 is 15.0 Å². The molecule has 6 nitrogen and oxygen atoms in total. The van der Waals surface area contributed by atoms with Gasteiger partial charge in [0.15, 0.2) is 5.13 Å². The number of benzene rings is 2. The topological polar surface area (TPSA) is 71.5 Å². The number of ether oxygens (including phenoxy) is 1. The number of nitrogens with one attached hydrogen (secondary N) is 1. The van der Waals surface area contributed by atoms with Gasteiger partial charge in [0.25, 0.3) is 5.91 Å². The van der Waals surface area contributed by atoms with Gasteiger partial charge in [-0.3, -0.25) is 14.9 Å². The molecule has 4 rings (SSSR count). The molecule has 1 aromatic heterocycles. The maximum atomic E-state index is 12.5. The largest absolute Gasteiger partial charge is 0.496 e. The number of anilines is 2. The predicted octanol–water partition coefficient (Wildman–Crippen LogP) is 4.20. The summed E-state index contributed by atoms with van der Waals surface area (Å²) in [6.45, 7) is 0.731. The molecule has 1 N–H and O–H groups in total. The van der Waals surface area contributed by atoms with Gasteiger partial charge in [-0.05, 0) is 42.8 Å². The number of aromatic nitrogens is 1. The normalized spacial score (nSPS) is 13.6. The van der Waals surface area contributed by atoms with E-state index in [4.69, 9.17) is 4.74 Å². The Morgan fingerprint density at radius 2 is 1.96 bits per heavy atom. The van der Waals surface area contributed by atoms with Gasteiger partial charge in [0.2, 0.25) is 5.91 Å². The van der Waals surface area contributed by atoms with Gasteiger partial charge in [-0.2, -0.15) is 0 Å². The van der Waals surface area contributed by atoms with Crippen LogP contribution in [0.2, 0.25) is 0 Å². The Balaban J connectivity index is 1.47. The Labute approximate surface area is 166 Å². The van der Waals surface area contributed by atoms with E-state index in [2.05, 4.69) is 10.3 Å². The lowest BCUT2D eigenvalue weighted by Crippen LogP contribution is -2.23. The second-order valence-electron chi connectivity index (χ2n) is 6.39. The molecule has 0 bridgehead atoms. The number of nitrogens with zero attached hydrogens (tertiary/aromatic N) is 2. The molecule has 1 aliphatic rings. The molecule has 2 heterocycles. The van der Waals surface area contributed by atoms with E-state index in [1.807, 2.05) is 29.6 Å². The van der Waals surface area contributed by atoms with Crippen LogP contribution in [0, 0.1) is 0 Å². The van der Waals surface area contributed by atoms with Gasteiger partial charge in [0.05, 0.1) is 12.8 Å². The molecule has 2 amide bonds. The summed E-state index contributed by atoms with van der Waals surface area (Å²) in [6, 6.07) is 14.7. The van der Waals surface area contributed by atoms with E-state index in [1.165, 1.54) is 11.3 Å². The standard InChI is InChI=1S/C21H19N3O3S/c1-27-18-6-3-2-5-16(18)17-13-28-21(22-17)23-20(26)14-8-10-15(11-9-14)24-12-4-7-19(24)25/h2-3,5-6,8-11,13H,4,7,12H2,1H3,(H,22,23,26). The van der Waals surface area contributed by atoms with Crippen LogP contribution in [0.1, 0.15) is 23.2 Å². The van der Waals surface area contributed by atoms with E-state index in [9.17, 15) is 9.59 Å². The van der Waals surface area contributed by atoms with E-state index in [0.29, 0.717) is 17.1 Å². The second kappa shape index (κ2) is 7.82. The van der Waals surface area contributed by atoms with Gasteiger partial charge in [-0.1, -0.05) is 12.1 Å². The van der Waals surface area contributed by atoms with Crippen LogP contribution in [0.3, 0.4) is 0 Å². The highest BCUT2D eigenvalue weighted by Crippen LogP contribution is 2.32. The number of carbonyl (C=O) groups is 2. The van der Waals surface area contributed by atoms with E-state index in [1.54, 1.807) is 36.3 Å². The summed E-state index contributed by atoms with van der Waals surface area (Å²) < 4.78 is 5.37. The number of thiazole rings is 1. The highest BCUT2D eigenvalue weighted by atomic mass is 32.1. The first-order valence-electron chi connectivity index (χ1n) is 8.96. The Bertz CT molecular complexity index is 1010. The molecule has 1 saturated heterocycles. The Morgan fingerprint density at radius 1 is 1.18 bits per heavy atom. The number of hydrogen-bond donors (Lipinski definition) is 1. The van der Waals surface area contributed by atoms with Gasteiger partial charge in [-0.15, -0.1) is 11.3 Å². The first kappa shape index (κ1) is 18.2. The summed E-state index contributed by atoms with van der Waals surface area (Å²) >= 11 is 1.36. The fourth-order valence-corrected chi connectivity index (χ4v) is 3.90. The summed E-state index contributed by atoms with van der Waals surface area (Å²) in [7, 11) is 1.62. The molecule has 7 heteroatoms. The summed E-state index contributed by atoms with van der Waals surface area (Å²) in [5.41, 5.74) is 2.97. The number of carbonyl (C=O) groups excluding carboxylic acids is 2. The van der Waals surface area contributed by atoms with Crippen LogP contribution in [0.4, 0.5) is 10.8 Å². The van der Waals surface area contributed by atoms with Crippen LogP contribution >= 0.6 is 11.3 Å². The van der Waals surface area contributed by atoms with Crippen molar-refractivity contribution in [2.24, 2.45) is 0 Å². The molecule has 28 heavy (non-hydrogen) atoms. The summed E-state index contributed by atoms with van der Waals surface area (Å²) in [4.78, 5) is 30.6. The van der Waals surface area contributed by atoms with Crippen LogP contribution in [0.5, 0.6) is 5.75 Å². The first-order chi connectivity index (χ1) is 13.7. The molecule has 0 aliphatic carbocycles. The number of rotatable bonds is 5. The Morgan fingerprint density at radius 3 is 2.68 bits per heavy atom. The molecule has 142 valence electrons. The molecule has 0 atom stereocenters. The lowest BCUT2D eigenvalue weighted by atomic mass is 10.1. The van der Waals surface area contributed by atoms with Crippen molar-refractivity contribution < 1.29 is 14.3 Å². The van der Waals surface area contributed by atoms with E-state index >= 15 is 0 Å². The van der Waals surface area contributed by atoms with Crippen molar-refractivity contribution in [1.82, 2.24) is 4.98 Å². The molecule has 3 aromatic rings. The molecular weight excluding hydrogens is 374 g/mol. The van der Waals surface area contributed by atoms with Crippen molar-refractivity contribution in [1.29, 1.82) is 0 Å². The maximum absolute atomic E-state index is 12.5. The van der Waals surface area contributed by atoms with Gasteiger partial charge >= 0.3 is 0 Å². The van der Waals surface area contributed by atoms with Crippen molar-refractivity contribution >= 4 is 34.0 Å². The fraction of sp³-hybridized carbons (Fsp3) is 0.190. The molecular formula is C21H19N3O3S. The van der Waals surface area contributed by atoms with Crippen molar-refractivity contribution in [3.05, 3.63) is 59.5 Å². The zero-order valence-corrected chi connectivity index (χ0v) is 16.2. The zero-order valence-electron chi connectivity index (χ0n) is 15.3. The highest BCUT2D eigenvalue weighted by Gasteiger charge is 2.21. The molecule has 0 radical (unpaired) electrons. The second-order valence-corrected chi connectivity index (χ2v) is 7.25. The van der Waals surface area contributed by atoms with E-state index < -0.39 is 0 Å². The van der Waals surface area contributed by atoms with Crippen LogP contribution in [0.15, 0.2) is 53.9 Å². The van der Waals surface area contributed by atoms with E-state index in [0.717, 1.165) is 35.7 Å². The number of hydrogen-bond acceptors (Lipinski definition) is 5. The molecule has 0 spiro atoms. The minimum atomic E-state index is -0.236. The lowest BCUT2D eigenvalue weighted by Gasteiger charge is -2.15. The van der Waals surface area contributed by atoms with Gasteiger partial charge < -0.3 is 9.64 Å². The number of para-hydroxylation sites is 1. The van der Waals surface area contributed by atoms with Gasteiger partial charge in [0.1, 0.15) is 5.75 Å². The summed E-state index contributed by atoms with van der Waals surface area (Å²) in [6.07, 6.45) is 1.46. The van der Waals surface area contributed by atoms with Crippen molar-refractivity contribution in [2.45, 2.75) is 12.8 Å². The summed E-state index contributed by atoms with van der Waals surface area (Å²) in [5, 5.41) is 5.23. The van der Waals surface area contributed by atoms with Crippen molar-refractivity contribution in [2.75, 3.05) is 23.9 Å². The molecule has 1 aliphatic heterocycles. The van der Waals surface area contributed by atoms with Crippen LogP contribution in [0.25, 0.3) is 11.3 Å². The van der Waals surface area contributed by atoms with E-state index in [-0.39, 0.29) is 11.8 Å². The summed E-state index contributed by atoms with van der Waals surface area (Å²) in [5.74, 6) is 0.627. The Kier molecular flexibility index (Phi) is 5.08. The third-order valence-corrected chi connectivity index (χ3v) is 5.38.